The van der Waals surface area contributed by atoms with E-state index in [-0.39, 0.29) is 23.6 Å². The monoisotopic (exact) mass is 234 g/mol. The standard InChI is InChI=1S/C13H18N2O2/c1-15(9-4-2-5-10(16)8-9)13(17)11-6-3-7-12(11)14/h2,4-5,8,11-12,16H,3,6-7,14H2,1H3. The number of nitrogens with zero attached hydrogens (tertiary/aromatic N) is 1. The lowest BCUT2D eigenvalue weighted by Gasteiger charge is -2.23. The van der Waals surface area contributed by atoms with Gasteiger partial charge in [-0.25, -0.2) is 0 Å². The van der Waals surface area contributed by atoms with Crippen LogP contribution in [0.4, 0.5) is 5.69 Å². The molecule has 1 aromatic carbocycles. The molecule has 1 amide bonds. The molecule has 2 atom stereocenters. The number of hydrogen-bond donors (Lipinski definition) is 2. The van der Waals surface area contributed by atoms with Crippen LogP contribution < -0.4 is 10.6 Å². The SMILES string of the molecule is CN(C(=O)C1CCCC1N)c1cccc(O)c1. The molecule has 2 unspecified atom stereocenters. The zero-order valence-corrected chi connectivity index (χ0v) is 9.97. The number of hydrogen-bond acceptors (Lipinski definition) is 3. The summed E-state index contributed by atoms with van der Waals surface area (Å²) in [6.45, 7) is 0. The van der Waals surface area contributed by atoms with E-state index in [4.69, 9.17) is 5.73 Å². The number of phenols is 1. The van der Waals surface area contributed by atoms with E-state index in [0.717, 1.165) is 19.3 Å². The average Bonchev–Trinajstić information content (AvgIpc) is 2.73. The maximum absolute atomic E-state index is 12.2. The summed E-state index contributed by atoms with van der Waals surface area (Å²) in [4.78, 5) is 13.8. The molecule has 4 heteroatoms. The Kier molecular flexibility index (Phi) is 3.33. The van der Waals surface area contributed by atoms with E-state index in [2.05, 4.69) is 0 Å². The van der Waals surface area contributed by atoms with Gasteiger partial charge >= 0.3 is 0 Å². The number of amides is 1. The summed E-state index contributed by atoms with van der Waals surface area (Å²) in [5.41, 5.74) is 6.63. The van der Waals surface area contributed by atoms with Crippen molar-refractivity contribution < 1.29 is 9.90 Å². The van der Waals surface area contributed by atoms with Crippen molar-refractivity contribution in [2.24, 2.45) is 11.7 Å². The van der Waals surface area contributed by atoms with Crippen molar-refractivity contribution in [1.82, 2.24) is 0 Å². The minimum atomic E-state index is -0.0812. The number of carbonyl (C=O) groups is 1. The van der Waals surface area contributed by atoms with Gasteiger partial charge in [-0.2, -0.15) is 0 Å². The molecule has 1 fully saturated rings. The van der Waals surface area contributed by atoms with E-state index in [9.17, 15) is 9.90 Å². The number of benzene rings is 1. The number of nitrogens with two attached hydrogens (primary N) is 1. The molecule has 0 aliphatic heterocycles. The molecule has 0 saturated heterocycles. The van der Waals surface area contributed by atoms with Crippen LogP contribution in [-0.4, -0.2) is 24.1 Å². The molecule has 1 aliphatic carbocycles. The molecule has 0 aromatic heterocycles. The first-order chi connectivity index (χ1) is 8.09. The van der Waals surface area contributed by atoms with Gasteiger partial charge in [-0.05, 0) is 25.0 Å². The van der Waals surface area contributed by atoms with E-state index >= 15 is 0 Å². The highest BCUT2D eigenvalue weighted by molar-refractivity contribution is 5.95. The van der Waals surface area contributed by atoms with E-state index in [1.165, 1.54) is 0 Å². The summed E-state index contributed by atoms with van der Waals surface area (Å²) in [5.74, 6) is 0.126. The molecule has 92 valence electrons. The van der Waals surface area contributed by atoms with Crippen molar-refractivity contribution in [3.8, 4) is 5.75 Å². The Morgan fingerprint density at radius 2 is 2.24 bits per heavy atom. The fourth-order valence-electron chi connectivity index (χ4n) is 2.37. The quantitative estimate of drug-likeness (QED) is 0.814. The molecule has 0 radical (unpaired) electrons. The van der Waals surface area contributed by atoms with E-state index in [1.807, 2.05) is 0 Å². The third kappa shape index (κ3) is 2.42. The topological polar surface area (TPSA) is 66.6 Å². The number of rotatable bonds is 2. The van der Waals surface area contributed by atoms with Crippen molar-refractivity contribution in [3.63, 3.8) is 0 Å². The highest BCUT2D eigenvalue weighted by Gasteiger charge is 2.32. The third-order valence-corrected chi connectivity index (χ3v) is 3.43. The van der Waals surface area contributed by atoms with Crippen molar-refractivity contribution in [2.75, 3.05) is 11.9 Å². The molecule has 1 aromatic rings. The molecule has 4 nitrogen and oxygen atoms in total. The Balaban J connectivity index is 2.14. The summed E-state index contributed by atoms with van der Waals surface area (Å²) < 4.78 is 0. The molecular formula is C13H18N2O2. The second kappa shape index (κ2) is 4.75. The van der Waals surface area contributed by atoms with Gasteiger partial charge in [0.1, 0.15) is 5.75 Å². The highest BCUT2D eigenvalue weighted by atomic mass is 16.3. The second-order valence-electron chi connectivity index (χ2n) is 4.62. The number of aromatic hydroxyl groups is 1. The van der Waals surface area contributed by atoms with Gasteiger partial charge in [-0.3, -0.25) is 4.79 Å². The summed E-state index contributed by atoms with van der Waals surface area (Å²) in [6, 6.07) is 6.67. The summed E-state index contributed by atoms with van der Waals surface area (Å²) in [6.07, 6.45) is 2.80. The fourth-order valence-corrected chi connectivity index (χ4v) is 2.37. The van der Waals surface area contributed by atoms with E-state index in [1.54, 1.807) is 36.2 Å². The smallest absolute Gasteiger partial charge is 0.231 e. The minimum absolute atomic E-state index is 0.0257. The van der Waals surface area contributed by atoms with Gasteiger partial charge in [0.2, 0.25) is 5.91 Å². The van der Waals surface area contributed by atoms with Crippen molar-refractivity contribution >= 4 is 11.6 Å². The molecule has 1 aliphatic rings. The Morgan fingerprint density at radius 3 is 2.82 bits per heavy atom. The number of carbonyl (C=O) groups excluding carboxylic acids is 1. The predicted octanol–water partition coefficient (Wildman–Crippen LogP) is 1.48. The minimum Gasteiger partial charge on any atom is -0.508 e. The van der Waals surface area contributed by atoms with Crippen LogP contribution in [0, 0.1) is 5.92 Å². The summed E-state index contributed by atoms with van der Waals surface area (Å²) >= 11 is 0. The first-order valence-corrected chi connectivity index (χ1v) is 5.92. The lowest BCUT2D eigenvalue weighted by molar-refractivity contribution is -0.122. The van der Waals surface area contributed by atoms with Crippen LogP contribution in [0.1, 0.15) is 19.3 Å². The predicted molar refractivity (Wildman–Crippen MR) is 66.8 cm³/mol. The maximum Gasteiger partial charge on any atom is 0.231 e. The number of anilines is 1. The van der Waals surface area contributed by atoms with Gasteiger partial charge in [0.05, 0.1) is 5.92 Å². The first kappa shape index (κ1) is 11.9. The van der Waals surface area contributed by atoms with Gasteiger partial charge in [0.25, 0.3) is 0 Å². The number of phenolic OH excluding ortho intramolecular Hbond substituents is 1. The van der Waals surface area contributed by atoms with Crippen LogP contribution in [0.15, 0.2) is 24.3 Å². The van der Waals surface area contributed by atoms with Gasteiger partial charge in [0, 0.05) is 24.8 Å². The summed E-state index contributed by atoms with van der Waals surface area (Å²) in [7, 11) is 1.72. The third-order valence-electron chi connectivity index (χ3n) is 3.43. The molecule has 0 spiro atoms. The maximum atomic E-state index is 12.2. The van der Waals surface area contributed by atoms with Gasteiger partial charge in [-0.15, -0.1) is 0 Å². The molecule has 0 heterocycles. The second-order valence-corrected chi connectivity index (χ2v) is 4.62. The van der Waals surface area contributed by atoms with Crippen molar-refractivity contribution in [2.45, 2.75) is 25.3 Å². The van der Waals surface area contributed by atoms with Crippen LogP contribution in [0.2, 0.25) is 0 Å². The van der Waals surface area contributed by atoms with Gasteiger partial charge < -0.3 is 15.7 Å². The molecule has 3 N–H and O–H groups in total. The van der Waals surface area contributed by atoms with E-state index < -0.39 is 0 Å². The lowest BCUT2D eigenvalue weighted by atomic mass is 10.0. The van der Waals surface area contributed by atoms with Crippen LogP contribution in [-0.2, 0) is 4.79 Å². The van der Waals surface area contributed by atoms with Crippen LogP contribution in [0.5, 0.6) is 5.75 Å². The summed E-state index contributed by atoms with van der Waals surface area (Å²) in [5, 5.41) is 9.40. The Hall–Kier alpha value is -1.55. The molecule has 0 bridgehead atoms. The van der Waals surface area contributed by atoms with Crippen LogP contribution >= 0.6 is 0 Å². The zero-order valence-electron chi connectivity index (χ0n) is 9.97. The fraction of sp³-hybridized carbons (Fsp3) is 0.462. The molecule has 17 heavy (non-hydrogen) atoms. The Bertz CT molecular complexity index is 420. The van der Waals surface area contributed by atoms with E-state index in [0.29, 0.717) is 5.69 Å². The highest BCUT2D eigenvalue weighted by Crippen LogP contribution is 2.28. The lowest BCUT2D eigenvalue weighted by Crippen LogP contribution is -2.39. The Morgan fingerprint density at radius 1 is 1.47 bits per heavy atom. The molecular weight excluding hydrogens is 216 g/mol. The van der Waals surface area contributed by atoms with Crippen molar-refractivity contribution in [3.05, 3.63) is 24.3 Å². The Labute approximate surface area is 101 Å². The molecule has 2 rings (SSSR count). The average molecular weight is 234 g/mol. The van der Waals surface area contributed by atoms with Crippen LogP contribution in [0.3, 0.4) is 0 Å². The van der Waals surface area contributed by atoms with Crippen LogP contribution in [0.25, 0.3) is 0 Å². The van der Waals surface area contributed by atoms with Gasteiger partial charge in [-0.1, -0.05) is 12.5 Å². The largest absolute Gasteiger partial charge is 0.508 e. The first-order valence-electron chi connectivity index (χ1n) is 5.92. The molecule has 1 saturated carbocycles. The zero-order chi connectivity index (χ0) is 12.4. The normalized spacial score (nSPS) is 23.6. The van der Waals surface area contributed by atoms with Gasteiger partial charge in [0.15, 0.2) is 0 Å². The van der Waals surface area contributed by atoms with Crippen molar-refractivity contribution in [1.29, 1.82) is 0 Å².